The molecule has 2 saturated heterocycles. The van der Waals surface area contributed by atoms with E-state index in [4.69, 9.17) is 0 Å². The fraction of sp³-hybridized carbons (Fsp3) is 0.455. The highest BCUT2D eigenvalue weighted by Gasteiger charge is 2.46. The molecule has 2 aliphatic rings. The van der Waals surface area contributed by atoms with Gasteiger partial charge in [0.15, 0.2) is 0 Å². The Labute approximate surface area is 160 Å². The summed E-state index contributed by atoms with van der Waals surface area (Å²) in [6.45, 7) is 5.13. The third kappa shape index (κ3) is 3.38. The predicted molar refractivity (Wildman–Crippen MR) is 104 cm³/mol. The number of hydrogen-bond acceptors (Lipinski definition) is 2. The Kier molecular flexibility index (Phi) is 4.77. The number of piperidine rings is 2. The van der Waals surface area contributed by atoms with E-state index in [2.05, 4.69) is 24.0 Å². The Morgan fingerprint density at radius 3 is 2.52 bits per heavy atom. The molecule has 2 fully saturated rings. The zero-order valence-corrected chi connectivity index (χ0v) is 15.9. The van der Waals surface area contributed by atoms with Crippen molar-refractivity contribution in [2.24, 2.45) is 5.41 Å². The number of rotatable bonds is 3. The molecular formula is C22H27N3O2. The molecular weight excluding hydrogens is 338 g/mol. The summed E-state index contributed by atoms with van der Waals surface area (Å²) < 4.78 is 0. The van der Waals surface area contributed by atoms with Crippen LogP contribution in [0, 0.1) is 5.41 Å². The summed E-state index contributed by atoms with van der Waals surface area (Å²) in [5, 5.41) is 0. The van der Waals surface area contributed by atoms with Crippen LogP contribution in [0.25, 0.3) is 0 Å². The number of likely N-dealkylation sites (N-methyl/N-ethyl adjacent to an activating group) is 1. The molecule has 0 bridgehead atoms. The molecule has 2 aliphatic heterocycles. The largest absolute Gasteiger partial charge is 0.357 e. The van der Waals surface area contributed by atoms with Gasteiger partial charge in [0.05, 0.1) is 5.92 Å². The van der Waals surface area contributed by atoms with Crippen molar-refractivity contribution < 1.29 is 9.59 Å². The number of nitrogens with one attached hydrogen (secondary N) is 1. The molecule has 0 unspecified atom stereocenters. The molecule has 4 rings (SSSR count). The van der Waals surface area contributed by atoms with Crippen molar-refractivity contribution in [3.63, 3.8) is 0 Å². The van der Waals surface area contributed by atoms with E-state index in [0.717, 1.165) is 51.0 Å². The van der Waals surface area contributed by atoms with Gasteiger partial charge in [-0.3, -0.25) is 9.59 Å². The highest BCUT2D eigenvalue weighted by Crippen LogP contribution is 2.45. The van der Waals surface area contributed by atoms with Crippen LogP contribution < -0.4 is 0 Å². The highest BCUT2D eigenvalue weighted by molar-refractivity contribution is 5.92. The standard InChI is InChI=1S/C22H27N3O2/c1-2-24-16-22(15-18(20(24)26)17-7-4-3-5-8-17)10-13-25(14-11-22)21(27)19-9-6-12-23-19/h3-9,12,18,23H,2,10-11,13-16H2,1H3/t18-/m1/s1. The molecule has 5 nitrogen and oxygen atoms in total. The first-order valence-electron chi connectivity index (χ1n) is 9.88. The molecule has 0 saturated carbocycles. The molecule has 1 N–H and O–H groups in total. The number of carbonyl (C=O) groups excluding carboxylic acids is 2. The lowest BCUT2D eigenvalue weighted by molar-refractivity contribution is -0.141. The Morgan fingerprint density at radius 2 is 1.89 bits per heavy atom. The van der Waals surface area contributed by atoms with Gasteiger partial charge in [-0.05, 0) is 49.3 Å². The Morgan fingerprint density at radius 1 is 1.15 bits per heavy atom. The second-order valence-electron chi connectivity index (χ2n) is 7.90. The lowest BCUT2D eigenvalue weighted by atomic mass is 9.67. The SMILES string of the molecule is CCN1CC2(CCN(C(=O)c3ccc[nH]3)CC2)C[C@H](c2ccccc2)C1=O. The average Bonchev–Trinajstić information content (AvgIpc) is 3.25. The Hall–Kier alpha value is -2.56. The van der Waals surface area contributed by atoms with Gasteiger partial charge in [-0.1, -0.05) is 30.3 Å². The van der Waals surface area contributed by atoms with Gasteiger partial charge in [0, 0.05) is 32.4 Å². The van der Waals surface area contributed by atoms with E-state index in [1.165, 1.54) is 0 Å². The van der Waals surface area contributed by atoms with Gasteiger partial charge in [-0.2, -0.15) is 0 Å². The van der Waals surface area contributed by atoms with Crippen LogP contribution in [0.4, 0.5) is 0 Å². The normalized spacial score (nSPS) is 22.3. The number of amides is 2. The fourth-order valence-electron chi connectivity index (χ4n) is 4.68. The first-order valence-corrected chi connectivity index (χ1v) is 9.88. The number of H-pyrrole nitrogens is 1. The van der Waals surface area contributed by atoms with Gasteiger partial charge < -0.3 is 14.8 Å². The Balaban J connectivity index is 1.51. The van der Waals surface area contributed by atoms with Crippen LogP contribution in [-0.4, -0.2) is 52.8 Å². The monoisotopic (exact) mass is 365 g/mol. The van der Waals surface area contributed by atoms with Gasteiger partial charge >= 0.3 is 0 Å². The van der Waals surface area contributed by atoms with E-state index in [-0.39, 0.29) is 23.1 Å². The molecule has 27 heavy (non-hydrogen) atoms. The zero-order chi connectivity index (χ0) is 18.9. The zero-order valence-electron chi connectivity index (χ0n) is 15.9. The summed E-state index contributed by atoms with van der Waals surface area (Å²) in [6.07, 6.45) is 4.57. The minimum Gasteiger partial charge on any atom is -0.357 e. The second kappa shape index (κ2) is 7.22. The van der Waals surface area contributed by atoms with Crippen LogP contribution in [0.15, 0.2) is 48.7 Å². The summed E-state index contributed by atoms with van der Waals surface area (Å²) in [5.74, 6) is 0.262. The van der Waals surface area contributed by atoms with E-state index < -0.39 is 0 Å². The topological polar surface area (TPSA) is 56.4 Å². The summed E-state index contributed by atoms with van der Waals surface area (Å²) in [6, 6.07) is 13.8. The van der Waals surface area contributed by atoms with Crippen molar-refractivity contribution in [2.45, 2.75) is 32.1 Å². The molecule has 1 spiro atoms. The van der Waals surface area contributed by atoms with Gasteiger partial charge in [-0.25, -0.2) is 0 Å². The van der Waals surface area contributed by atoms with E-state index in [9.17, 15) is 9.59 Å². The minimum absolute atomic E-state index is 0.0643. The summed E-state index contributed by atoms with van der Waals surface area (Å²) in [4.78, 5) is 32.6. The van der Waals surface area contributed by atoms with Gasteiger partial charge in [0.2, 0.25) is 5.91 Å². The van der Waals surface area contributed by atoms with Crippen LogP contribution in [0.2, 0.25) is 0 Å². The molecule has 1 atom stereocenters. The maximum atomic E-state index is 13.0. The molecule has 2 amide bonds. The van der Waals surface area contributed by atoms with Gasteiger partial charge in [0.25, 0.3) is 5.91 Å². The molecule has 2 aromatic rings. The highest BCUT2D eigenvalue weighted by atomic mass is 16.2. The molecule has 0 aliphatic carbocycles. The third-order valence-corrected chi connectivity index (χ3v) is 6.30. The molecule has 3 heterocycles. The van der Waals surface area contributed by atoms with Crippen molar-refractivity contribution in [1.82, 2.24) is 14.8 Å². The summed E-state index contributed by atoms with van der Waals surface area (Å²) in [5.41, 5.74) is 1.88. The predicted octanol–water partition coefficient (Wildman–Crippen LogP) is 3.27. The van der Waals surface area contributed by atoms with E-state index in [1.54, 1.807) is 6.20 Å². The van der Waals surface area contributed by atoms with Gasteiger partial charge in [-0.15, -0.1) is 0 Å². The van der Waals surface area contributed by atoms with E-state index in [1.807, 2.05) is 40.1 Å². The van der Waals surface area contributed by atoms with Crippen molar-refractivity contribution in [1.29, 1.82) is 0 Å². The number of benzene rings is 1. The van der Waals surface area contributed by atoms with Crippen molar-refractivity contribution in [3.05, 3.63) is 59.9 Å². The van der Waals surface area contributed by atoms with Crippen molar-refractivity contribution in [3.8, 4) is 0 Å². The number of aromatic amines is 1. The minimum atomic E-state index is -0.0643. The van der Waals surface area contributed by atoms with Crippen LogP contribution in [0.5, 0.6) is 0 Å². The molecule has 0 radical (unpaired) electrons. The van der Waals surface area contributed by atoms with E-state index in [0.29, 0.717) is 5.69 Å². The first kappa shape index (κ1) is 17.8. The number of nitrogens with zero attached hydrogens (tertiary/aromatic N) is 2. The third-order valence-electron chi connectivity index (χ3n) is 6.30. The molecule has 142 valence electrons. The number of carbonyl (C=O) groups is 2. The van der Waals surface area contributed by atoms with Crippen LogP contribution in [-0.2, 0) is 4.79 Å². The Bertz CT molecular complexity index is 792. The number of hydrogen-bond donors (Lipinski definition) is 1. The van der Waals surface area contributed by atoms with E-state index >= 15 is 0 Å². The van der Waals surface area contributed by atoms with Crippen LogP contribution >= 0.6 is 0 Å². The molecule has 5 heteroatoms. The summed E-state index contributed by atoms with van der Waals surface area (Å²) >= 11 is 0. The van der Waals surface area contributed by atoms with Crippen LogP contribution in [0.1, 0.15) is 48.2 Å². The average molecular weight is 365 g/mol. The fourth-order valence-corrected chi connectivity index (χ4v) is 4.68. The smallest absolute Gasteiger partial charge is 0.270 e. The van der Waals surface area contributed by atoms with Crippen LogP contribution in [0.3, 0.4) is 0 Å². The quantitative estimate of drug-likeness (QED) is 0.908. The lowest BCUT2D eigenvalue weighted by Crippen LogP contribution is -2.54. The lowest BCUT2D eigenvalue weighted by Gasteiger charge is -2.49. The summed E-state index contributed by atoms with van der Waals surface area (Å²) in [7, 11) is 0. The molecule has 1 aromatic carbocycles. The first-order chi connectivity index (χ1) is 13.1. The maximum Gasteiger partial charge on any atom is 0.270 e. The molecule has 1 aromatic heterocycles. The van der Waals surface area contributed by atoms with Crippen molar-refractivity contribution in [2.75, 3.05) is 26.2 Å². The van der Waals surface area contributed by atoms with Gasteiger partial charge in [0.1, 0.15) is 5.69 Å². The number of aromatic nitrogens is 1. The second-order valence-corrected chi connectivity index (χ2v) is 7.90. The maximum absolute atomic E-state index is 13.0. The number of likely N-dealkylation sites (tertiary alicyclic amines) is 2. The van der Waals surface area contributed by atoms with Crippen molar-refractivity contribution >= 4 is 11.8 Å².